The zero-order valence-corrected chi connectivity index (χ0v) is 7.61. The second kappa shape index (κ2) is 11.0. The van der Waals surface area contributed by atoms with Crippen LogP contribution in [-0.4, -0.2) is 25.0 Å². The molecule has 2 amide bonds. The van der Waals surface area contributed by atoms with Gasteiger partial charge in [-0.3, -0.25) is 0 Å². The van der Waals surface area contributed by atoms with Gasteiger partial charge in [-0.15, -0.1) is 37.2 Å². The lowest BCUT2D eigenvalue weighted by atomic mass is 10.9. The molecular weight excluding hydrogens is 186 g/mol. The van der Waals surface area contributed by atoms with Crippen molar-refractivity contribution in [2.75, 3.05) is 14.1 Å². The van der Waals surface area contributed by atoms with E-state index in [0.717, 1.165) is 0 Å². The van der Waals surface area contributed by atoms with Crippen LogP contribution in [0.5, 0.6) is 0 Å². The summed E-state index contributed by atoms with van der Waals surface area (Å²) in [5.74, 6) is 0. The van der Waals surface area contributed by atoms with Crippen LogP contribution < -0.4 is 5.73 Å². The average molecular weight is 197 g/mol. The number of halogens is 3. The molecule has 0 unspecified atom stereocenters. The van der Waals surface area contributed by atoms with E-state index in [-0.39, 0.29) is 37.2 Å². The minimum absolute atomic E-state index is 0. The molecule has 0 aliphatic rings. The third kappa shape index (κ3) is 17.9. The molecule has 0 saturated carbocycles. The van der Waals surface area contributed by atoms with Gasteiger partial charge in [0.25, 0.3) is 0 Å². The first kappa shape index (κ1) is 22.9. The monoisotopic (exact) mass is 196 g/mol. The summed E-state index contributed by atoms with van der Waals surface area (Å²) in [4.78, 5) is 11.2. The number of carbonyl (C=O) groups excluding carboxylic acids is 1. The molecule has 0 rings (SSSR count). The fraction of sp³-hybridized carbons (Fsp3) is 0.667. The number of nitrogens with zero attached hydrogens (tertiary/aromatic N) is 1. The van der Waals surface area contributed by atoms with Crippen molar-refractivity contribution < 1.29 is 4.79 Å². The van der Waals surface area contributed by atoms with Crippen molar-refractivity contribution in [3.05, 3.63) is 0 Å². The summed E-state index contributed by atoms with van der Waals surface area (Å²) >= 11 is 0. The van der Waals surface area contributed by atoms with Gasteiger partial charge in [-0.25, -0.2) is 4.79 Å². The quantitative estimate of drug-likeness (QED) is 0.616. The lowest BCUT2D eigenvalue weighted by molar-refractivity contribution is 0.227. The fourth-order valence-corrected chi connectivity index (χ4v) is 0. The molecule has 3 nitrogen and oxygen atoms in total. The molecule has 0 radical (unpaired) electrons. The van der Waals surface area contributed by atoms with E-state index in [1.54, 1.807) is 14.1 Å². The van der Waals surface area contributed by atoms with Gasteiger partial charge < -0.3 is 10.6 Å². The van der Waals surface area contributed by atoms with Crippen molar-refractivity contribution in [2.45, 2.75) is 0 Å². The van der Waals surface area contributed by atoms with E-state index in [0.29, 0.717) is 0 Å². The third-order valence-corrected chi connectivity index (χ3v) is 0.441. The first-order valence-electron chi connectivity index (χ1n) is 1.61. The van der Waals surface area contributed by atoms with E-state index in [1.807, 2.05) is 0 Å². The van der Waals surface area contributed by atoms with Crippen molar-refractivity contribution >= 4 is 43.3 Å². The zero-order valence-electron chi connectivity index (χ0n) is 5.16. The number of carbonyl (C=O) groups is 1. The van der Waals surface area contributed by atoms with E-state index >= 15 is 0 Å². The predicted molar refractivity (Wildman–Crippen MR) is 45.0 cm³/mol. The Bertz CT molecular complexity index is 68.1. The molecule has 9 heavy (non-hydrogen) atoms. The number of urea groups is 1. The first-order valence-corrected chi connectivity index (χ1v) is 1.61. The molecule has 2 N–H and O–H groups in total. The largest absolute Gasteiger partial charge is 0.352 e. The van der Waals surface area contributed by atoms with Gasteiger partial charge in [0, 0.05) is 14.1 Å². The normalized spacial score (nSPS) is 5.11. The summed E-state index contributed by atoms with van der Waals surface area (Å²) < 4.78 is 0. The Morgan fingerprint density at radius 2 is 1.33 bits per heavy atom. The van der Waals surface area contributed by atoms with Gasteiger partial charge in [0.2, 0.25) is 0 Å². The Hall–Kier alpha value is 0.140. The first-order chi connectivity index (χ1) is 2.64. The van der Waals surface area contributed by atoms with Gasteiger partial charge in [-0.2, -0.15) is 0 Å². The average Bonchev–Trinajstić information content (AvgIpc) is 1.36. The molecule has 0 fully saturated rings. The standard InChI is InChI=1S/C3H8N2O.3ClH/c1-5(2)3(4)6;;;/h1-2H3,(H2,4,6);3*1H. The maximum Gasteiger partial charge on any atom is 0.314 e. The number of amides is 2. The Kier molecular flexibility index (Phi) is 28.0. The Labute approximate surface area is 73.2 Å². The molecule has 0 aromatic carbocycles. The van der Waals surface area contributed by atoms with Gasteiger partial charge in [0.15, 0.2) is 0 Å². The van der Waals surface area contributed by atoms with Gasteiger partial charge in [0.05, 0.1) is 0 Å². The lowest BCUT2D eigenvalue weighted by Crippen LogP contribution is -2.27. The smallest absolute Gasteiger partial charge is 0.314 e. The number of nitrogens with two attached hydrogens (primary N) is 1. The van der Waals surface area contributed by atoms with Crippen LogP contribution in [0.3, 0.4) is 0 Å². The minimum Gasteiger partial charge on any atom is -0.352 e. The minimum atomic E-state index is -0.407. The van der Waals surface area contributed by atoms with Crippen molar-refractivity contribution in [3.63, 3.8) is 0 Å². The Balaban J connectivity index is -0.0000000417. The predicted octanol–water partition coefficient (Wildman–Crippen LogP) is 0.892. The van der Waals surface area contributed by atoms with Gasteiger partial charge in [-0.05, 0) is 0 Å². The second-order valence-electron chi connectivity index (χ2n) is 1.23. The molecule has 0 saturated heterocycles. The van der Waals surface area contributed by atoms with Crippen molar-refractivity contribution in [1.29, 1.82) is 0 Å². The fourth-order valence-electron chi connectivity index (χ4n) is 0. The van der Waals surface area contributed by atoms with Crippen molar-refractivity contribution in [3.8, 4) is 0 Å². The van der Waals surface area contributed by atoms with Crippen LogP contribution in [0, 0.1) is 0 Å². The topological polar surface area (TPSA) is 46.3 Å². The lowest BCUT2D eigenvalue weighted by Gasteiger charge is -2.01. The number of hydrogen-bond acceptors (Lipinski definition) is 1. The van der Waals surface area contributed by atoms with E-state index in [2.05, 4.69) is 0 Å². The van der Waals surface area contributed by atoms with E-state index in [9.17, 15) is 4.79 Å². The van der Waals surface area contributed by atoms with E-state index < -0.39 is 6.03 Å². The summed E-state index contributed by atoms with van der Waals surface area (Å²) in [5.41, 5.74) is 4.72. The van der Waals surface area contributed by atoms with Crippen LogP contribution in [0.15, 0.2) is 0 Å². The maximum atomic E-state index is 9.85. The molecule has 0 spiro atoms. The van der Waals surface area contributed by atoms with Gasteiger partial charge in [0.1, 0.15) is 0 Å². The molecule has 0 heterocycles. The molecule has 0 aliphatic carbocycles. The van der Waals surface area contributed by atoms with E-state index in [1.165, 1.54) is 4.90 Å². The number of hydrogen-bond donors (Lipinski definition) is 1. The highest BCUT2D eigenvalue weighted by molar-refractivity contribution is 5.86. The maximum absolute atomic E-state index is 9.85. The molecule has 0 aliphatic heterocycles. The SMILES string of the molecule is CN(C)C(N)=O.Cl.Cl.Cl. The summed E-state index contributed by atoms with van der Waals surface area (Å²) in [5, 5.41) is 0. The summed E-state index contributed by atoms with van der Waals surface area (Å²) in [6.45, 7) is 0. The van der Waals surface area contributed by atoms with Gasteiger partial charge in [-0.1, -0.05) is 0 Å². The second-order valence-corrected chi connectivity index (χ2v) is 1.23. The molecular formula is C3H11Cl3N2O. The van der Waals surface area contributed by atoms with E-state index in [4.69, 9.17) is 5.73 Å². The third-order valence-electron chi connectivity index (χ3n) is 0.441. The Morgan fingerprint density at radius 3 is 1.33 bits per heavy atom. The van der Waals surface area contributed by atoms with Crippen LogP contribution in [0.4, 0.5) is 4.79 Å². The molecule has 0 aromatic rings. The molecule has 0 atom stereocenters. The molecule has 60 valence electrons. The highest BCUT2D eigenvalue weighted by Gasteiger charge is 1.88. The summed E-state index contributed by atoms with van der Waals surface area (Å²) in [6, 6.07) is -0.407. The van der Waals surface area contributed by atoms with Crippen LogP contribution in [0.1, 0.15) is 0 Å². The van der Waals surface area contributed by atoms with Crippen LogP contribution >= 0.6 is 37.2 Å². The highest BCUT2D eigenvalue weighted by Crippen LogP contribution is 1.65. The molecule has 0 aromatic heterocycles. The molecule has 6 heteroatoms. The van der Waals surface area contributed by atoms with Crippen LogP contribution in [0.2, 0.25) is 0 Å². The van der Waals surface area contributed by atoms with Gasteiger partial charge >= 0.3 is 6.03 Å². The summed E-state index contributed by atoms with van der Waals surface area (Å²) in [7, 11) is 3.20. The van der Waals surface area contributed by atoms with Crippen LogP contribution in [-0.2, 0) is 0 Å². The Morgan fingerprint density at radius 1 is 1.22 bits per heavy atom. The zero-order chi connectivity index (χ0) is 5.15. The molecule has 0 bridgehead atoms. The number of primary amides is 1. The summed E-state index contributed by atoms with van der Waals surface area (Å²) in [6.07, 6.45) is 0. The number of rotatable bonds is 0. The van der Waals surface area contributed by atoms with Crippen molar-refractivity contribution in [2.24, 2.45) is 5.73 Å². The van der Waals surface area contributed by atoms with Crippen LogP contribution in [0.25, 0.3) is 0 Å². The highest BCUT2D eigenvalue weighted by atomic mass is 35.5. The van der Waals surface area contributed by atoms with Crippen molar-refractivity contribution in [1.82, 2.24) is 4.90 Å².